The lowest BCUT2D eigenvalue weighted by molar-refractivity contribution is -0.197. The lowest BCUT2D eigenvalue weighted by Gasteiger charge is -2.42. The van der Waals surface area contributed by atoms with E-state index in [-0.39, 0.29) is 80.2 Å². The zero-order chi connectivity index (χ0) is 59.8. The molecule has 2 aliphatic carbocycles. The molecule has 2 aromatic rings. The zero-order valence-electron chi connectivity index (χ0n) is 48.1. The number of anilines is 1. The number of nitrogens with one attached hydrogen (secondary N) is 2. The predicted molar refractivity (Wildman–Crippen MR) is 309 cm³/mol. The Bertz CT molecular complexity index is 2890. The average molecular weight is 1200 g/mol. The molecule has 3 aliphatic heterocycles. The van der Waals surface area contributed by atoms with Gasteiger partial charge in [0, 0.05) is 74.8 Å². The first-order valence-electron chi connectivity index (χ1n) is 27.4. The number of aliphatic hydroxyl groups is 1. The quantitative estimate of drug-likeness (QED) is 0.0403. The molecule has 0 unspecified atom stereocenters. The summed E-state index contributed by atoms with van der Waals surface area (Å²) in [6, 6.07) is 8.12. The molecule has 2 aromatic carbocycles. The number of allylic oxidation sites excluding steroid dienone is 3. The first kappa shape index (κ1) is 63.4. The molecule has 3 heterocycles. The van der Waals surface area contributed by atoms with E-state index in [0.717, 1.165) is 28.0 Å². The third-order valence-electron chi connectivity index (χ3n) is 15.8. The van der Waals surface area contributed by atoms with Crippen LogP contribution in [0.2, 0.25) is 5.02 Å². The van der Waals surface area contributed by atoms with Gasteiger partial charge in [0.25, 0.3) is 11.8 Å². The number of amides is 6. The Morgan fingerprint density at radius 2 is 1.77 bits per heavy atom. The van der Waals surface area contributed by atoms with Gasteiger partial charge >= 0.3 is 18.0 Å². The van der Waals surface area contributed by atoms with E-state index in [0.29, 0.717) is 60.1 Å². The molecule has 0 aromatic heterocycles. The Hall–Kier alpha value is -6.14. The van der Waals surface area contributed by atoms with E-state index in [9.17, 15) is 43.5 Å². The normalized spacial score (nSPS) is 26.6. The smallest absolute Gasteiger partial charge is 0.409 e. The highest BCUT2D eigenvalue weighted by atomic mass is 35.5. The summed E-state index contributed by atoms with van der Waals surface area (Å²) in [5.41, 5.74) is 4.82. The van der Waals surface area contributed by atoms with Crippen molar-refractivity contribution in [3.8, 4) is 11.5 Å². The van der Waals surface area contributed by atoms with Gasteiger partial charge in [-0.15, -0.1) is 5.06 Å². The molecule has 82 heavy (non-hydrogen) atoms. The van der Waals surface area contributed by atoms with Gasteiger partial charge in [-0.25, -0.2) is 19.8 Å². The first-order valence-corrected chi connectivity index (χ1v) is 30.1. The largest absolute Gasteiger partial charge is 0.495 e. The van der Waals surface area contributed by atoms with Gasteiger partial charge in [-0.3, -0.25) is 29.3 Å². The molecule has 5 aliphatic rings. The summed E-state index contributed by atoms with van der Waals surface area (Å²) in [5.74, 6) is -2.70. The number of hydroxylamine groups is 2. The van der Waals surface area contributed by atoms with Crippen molar-refractivity contribution in [2.75, 3.05) is 45.6 Å². The lowest BCUT2D eigenvalue weighted by Crippen LogP contribution is -2.63. The minimum Gasteiger partial charge on any atom is -0.495 e. The molecule has 8 atom stereocenters. The number of benzene rings is 2. The van der Waals surface area contributed by atoms with E-state index in [1.165, 1.54) is 52.7 Å². The molecule has 2 saturated heterocycles. The number of halogens is 1. The van der Waals surface area contributed by atoms with Crippen LogP contribution in [0.5, 0.6) is 11.5 Å². The van der Waals surface area contributed by atoms with Crippen molar-refractivity contribution < 1.29 is 72.0 Å². The van der Waals surface area contributed by atoms with Crippen molar-refractivity contribution >= 4 is 92.2 Å². The van der Waals surface area contributed by atoms with Gasteiger partial charge in [-0.1, -0.05) is 70.8 Å². The van der Waals surface area contributed by atoms with Gasteiger partial charge < -0.3 is 43.4 Å². The van der Waals surface area contributed by atoms with Gasteiger partial charge in [0.2, 0.25) is 17.7 Å². The fourth-order valence-corrected chi connectivity index (χ4v) is 13.5. The van der Waals surface area contributed by atoms with Gasteiger partial charge in [0.05, 0.1) is 38.0 Å². The number of carbonyl (C=O) groups excluding carboxylic acids is 8. The number of hydrazone groups is 1. The van der Waals surface area contributed by atoms with Crippen molar-refractivity contribution in [1.29, 1.82) is 0 Å². The van der Waals surface area contributed by atoms with Crippen molar-refractivity contribution in [1.82, 2.24) is 20.7 Å². The van der Waals surface area contributed by atoms with Gasteiger partial charge in [-0.2, -0.15) is 5.10 Å². The second-order valence-corrected chi connectivity index (χ2v) is 26.0. The van der Waals surface area contributed by atoms with E-state index >= 15 is 0 Å². The number of carbonyl (C=O) groups is 8. The standard InChI is InChI=1S/C58H75ClN6O15S2/c1-33-13-11-14-45(76-10)58(74)31-44(78-55(73)60-58)34(2)40-30-57(40,6)46(29-51(70)64(8)42-26-36(25-33)27-43(75-9)53(42)59)79-54(72)35(3)63(7)48(67)22-24-81-82-56(4,5)32-47(66)62-61-41-19-16-37-28-38(17-18-39(37)41)77-23-12-15-52(71)80-65-49(68)20-21-50(65)69/h11,13-14,17-18,26-28,34-35,40,44-46,74H,12,15-16,19-25,29-32H2,1-10H3,(H,60,73)(H,62,66)/b14-11+,33-13+,61-41+/t34-,35-,40-,44-,45+,46-,57-,58-/m0/s1. The van der Waals surface area contributed by atoms with E-state index in [4.69, 9.17) is 40.1 Å². The van der Waals surface area contributed by atoms with Gasteiger partial charge in [-0.05, 0) is 113 Å². The maximum atomic E-state index is 14.5. The third-order valence-corrected chi connectivity index (χ3v) is 19.5. The van der Waals surface area contributed by atoms with Crippen LogP contribution in [0.15, 0.2) is 59.2 Å². The van der Waals surface area contributed by atoms with Crippen LogP contribution < -0.4 is 25.1 Å². The molecule has 446 valence electrons. The monoisotopic (exact) mass is 1190 g/mol. The lowest BCUT2D eigenvalue weighted by atomic mass is 9.83. The number of aryl methyl sites for hydroxylation is 1. The SMILES string of the molecule is COc1cc2cc(c1Cl)N(C)C(=O)C[C@H](OC(=O)[C@H](C)N(C)C(=O)CCSSC(C)(C)CC(=O)N/N=C1\CCc3cc(OCCCC(=O)ON4C(=O)CCC4=O)ccc31)[C@@]1(C)C[C@H]1[C@H](C)[C@@H]1C[C@@](O)(NC(=O)O1)[C@H](OC)/C=C/C=C(\C)C2. The van der Waals surface area contributed by atoms with Crippen molar-refractivity contribution in [3.05, 3.63) is 75.8 Å². The highest BCUT2D eigenvalue weighted by molar-refractivity contribution is 8.77. The number of hydrogen-bond acceptors (Lipinski definition) is 18. The van der Waals surface area contributed by atoms with Crippen LogP contribution in [0.25, 0.3) is 0 Å². The second-order valence-electron chi connectivity index (χ2n) is 22.5. The Kier molecular flexibility index (Phi) is 20.9. The molecule has 1 saturated carbocycles. The van der Waals surface area contributed by atoms with Gasteiger partial charge in [0.15, 0.2) is 5.72 Å². The molecule has 4 bridgehead atoms. The van der Waals surface area contributed by atoms with Crippen LogP contribution in [-0.4, -0.2) is 144 Å². The molecule has 24 heteroatoms. The Morgan fingerprint density at radius 1 is 1.04 bits per heavy atom. The third kappa shape index (κ3) is 15.5. The van der Waals surface area contributed by atoms with Crippen molar-refractivity contribution in [3.63, 3.8) is 0 Å². The van der Waals surface area contributed by atoms with Crippen LogP contribution in [0.3, 0.4) is 0 Å². The van der Waals surface area contributed by atoms with E-state index in [1.807, 2.05) is 58.9 Å². The maximum absolute atomic E-state index is 14.5. The number of esters is 1. The fourth-order valence-electron chi connectivity index (χ4n) is 10.7. The fraction of sp³-hybridized carbons (Fsp3) is 0.569. The molecule has 21 nitrogen and oxygen atoms in total. The van der Waals surface area contributed by atoms with E-state index < -0.39 is 76.0 Å². The van der Waals surface area contributed by atoms with Crippen molar-refractivity contribution in [2.45, 2.75) is 153 Å². The molecule has 7 rings (SSSR count). The first-order chi connectivity index (χ1) is 38.8. The molecule has 3 fully saturated rings. The number of imide groups is 1. The highest BCUT2D eigenvalue weighted by Crippen LogP contribution is 2.61. The molecule has 3 N–H and O–H groups in total. The van der Waals surface area contributed by atoms with Crippen LogP contribution in [0.4, 0.5) is 10.5 Å². The number of nitrogens with zero attached hydrogens (tertiary/aromatic N) is 4. The Labute approximate surface area is 491 Å². The zero-order valence-corrected chi connectivity index (χ0v) is 50.5. The summed E-state index contributed by atoms with van der Waals surface area (Å²) in [6.45, 7) is 11.4. The molecule has 0 radical (unpaired) electrons. The summed E-state index contributed by atoms with van der Waals surface area (Å²) in [7, 11) is 8.94. The number of methoxy groups -OCH3 is 2. The number of fused-ring (bicyclic) bond motifs is 6. The number of ether oxygens (including phenoxy) is 5. The van der Waals surface area contributed by atoms with Crippen LogP contribution in [-0.2, 0) is 65.5 Å². The second kappa shape index (κ2) is 27.1. The summed E-state index contributed by atoms with van der Waals surface area (Å²) < 4.78 is 28.7. The number of likely N-dealkylation sites (N-methyl/N-ethyl adjacent to an activating group) is 1. The molecular formula is C58H75ClN6O15S2. The van der Waals surface area contributed by atoms with Crippen molar-refractivity contribution in [2.24, 2.45) is 22.4 Å². The van der Waals surface area contributed by atoms with Gasteiger partial charge in [0.1, 0.15) is 40.9 Å². The molecule has 6 amide bonds. The molecular weight excluding hydrogens is 1120 g/mol. The number of hydrogen-bond donors (Lipinski definition) is 3. The Morgan fingerprint density at radius 3 is 2.48 bits per heavy atom. The van der Waals surface area contributed by atoms with Crippen LogP contribution in [0, 0.1) is 17.3 Å². The highest BCUT2D eigenvalue weighted by Gasteiger charge is 2.62. The number of alkyl carbamates (subject to hydrolysis) is 1. The average Bonchev–Trinajstić information content (AvgIpc) is 2.09. The predicted octanol–water partition coefficient (Wildman–Crippen LogP) is 7.56. The molecule has 0 spiro atoms. The summed E-state index contributed by atoms with van der Waals surface area (Å²) >= 11 is 6.86. The summed E-state index contributed by atoms with van der Waals surface area (Å²) in [5, 5.41) is 19.7. The van der Waals surface area contributed by atoms with Crippen LogP contribution in [0.1, 0.15) is 122 Å². The van der Waals surface area contributed by atoms with Crippen LogP contribution >= 0.6 is 33.2 Å². The Balaban J connectivity index is 0.918. The van der Waals surface area contributed by atoms with E-state index in [2.05, 4.69) is 15.8 Å². The summed E-state index contributed by atoms with van der Waals surface area (Å²) in [6.07, 6.45) is 4.30. The minimum absolute atomic E-state index is 0.0133. The van der Waals surface area contributed by atoms with E-state index in [1.54, 1.807) is 38.3 Å². The minimum atomic E-state index is -1.82. The maximum Gasteiger partial charge on any atom is 0.409 e. The topological polar surface area (TPSA) is 258 Å². The number of rotatable bonds is 19. The summed E-state index contributed by atoms with van der Waals surface area (Å²) in [4.78, 5) is 112.